The summed E-state index contributed by atoms with van der Waals surface area (Å²) >= 11 is 5.48. The van der Waals surface area contributed by atoms with Gasteiger partial charge < -0.3 is 0 Å². The zero-order chi connectivity index (χ0) is 20.6. The summed E-state index contributed by atoms with van der Waals surface area (Å²) in [7, 11) is 0. The Hall–Kier alpha value is -2.80. The van der Waals surface area contributed by atoms with Gasteiger partial charge in [0.15, 0.2) is 0 Å². The van der Waals surface area contributed by atoms with Gasteiger partial charge in [0.1, 0.15) is 0 Å². The molecule has 1 unspecified atom stereocenters. The van der Waals surface area contributed by atoms with Crippen LogP contribution in [0, 0.1) is 21.4 Å². The van der Waals surface area contributed by atoms with Gasteiger partial charge in [0, 0.05) is 12.1 Å². The fourth-order valence-corrected chi connectivity index (χ4v) is 2.64. The first-order chi connectivity index (χ1) is 12.4. The molecular weight excluding hydrogens is 402 g/mol. The molecule has 0 spiro atoms. The predicted octanol–water partition coefficient (Wildman–Crippen LogP) is 5.94. The van der Waals surface area contributed by atoms with Crippen LogP contribution in [0.25, 0.3) is 0 Å². The number of benzene rings is 2. The number of nitriles is 1. The molecule has 0 fully saturated rings. The summed E-state index contributed by atoms with van der Waals surface area (Å²) in [4.78, 5) is 9.68. The van der Waals surface area contributed by atoms with E-state index in [2.05, 4.69) is 0 Å². The molecule has 0 N–H and O–H groups in total. The summed E-state index contributed by atoms with van der Waals surface area (Å²) in [5.74, 6) is -1.75. The number of alkyl halides is 6. The molecule has 11 heteroatoms. The lowest BCUT2D eigenvalue weighted by atomic mass is 9.88. The van der Waals surface area contributed by atoms with Gasteiger partial charge in [0.05, 0.1) is 33.1 Å². The van der Waals surface area contributed by atoms with E-state index < -0.39 is 50.6 Å². The quantitative estimate of drug-likeness (QED) is 0.358. The normalized spacial score (nSPS) is 13.1. The van der Waals surface area contributed by atoms with E-state index in [1.807, 2.05) is 0 Å². The van der Waals surface area contributed by atoms with Gasteiger partial charge in [-0.2, -0.15) is 31.6 Å². The molecule has 0 aliphatic heterocycles. The van der Waals surface area contributed by atoms with E-state index in [4.69, 9.17) is 11.6 Å². The molecule has 0 bridgehead atoms. The summed E-state index contributed by atoms with van der Waals surface area (Å²) in [5, 5.41) is 19.3. The third-order valence-electron chi connectivity index (χ3n) is 3.62. The largest absolute Gasteiger partial charge is 0.417 e. The van der Waals surface area contributed by atoms with E-state index in [1.165, 1.54) is 6.07 Å². The van der Waals surface area contributed by atoms with Crippen LogP contribution in [-0.4, -0.2) is 4.92 Å². The summed E-state index contributed by atoms with van der Waals surface area (Å²) < 4.78 is 78.9. The number of hydrogen-bond donors (Lipinski definition) is 0. The van der Waals surface area contributed by atoms with Crippen molar-refractivity contribution in [2.75, 3.05) is 0 Å². The van der Waals surface area contributed by atoms with Crippen molar-refractivity contribution >= 4 is 17.3 Å². The van der Waals surface area contributed by atoms with Crippen LogP contribution in [0.15, 0.2) is 36.4 Å². The number of rotatable bonds is 3. The summed E-state index contributed by atoms with van der Waals surface area (Å²) in [6.07, 6.45) is -9.94. The number of nitro benzene ring substituents is 1. The molecule has 27 heavy (non-hydrogen) atoms. The molecular formula is C16H7ClF6N2O2. The van der Waals surface area contributed by atoms with Gasteiger partial charge in [0.25, 0.3) is 5.69 Å². The first-order valence-corrected chi connectivity index (χ1v) is 7.36. The van der Waals surface area contributed by atoms with E-state index in [-0.39, 0.29) is 11.6 Å². The molecule has 0 heterocycles. The first-order valence-electron chi connectivity index (χ1n) is 6.98. The van der Waals surface area contributed by atoms with Crippen molar-refractivity contribution in [2.24, 2.45) is 0 Å². The van der Waals surface area contributed by atoms with Crippen LogP contribution in [0.5, 0.6) is 0 Å². The second kappa shape index (κ2) is 7.08. The molecule has 0 aromatic heterocycles. The van der Waals surface area contributed by atoms with Crippen LogP contribution < -0.4 is 0 Å². The van der Waals surface area contributed by atoms with Crippen molar-refractivity contribution in [1.82, 2.24) is 0 Å². The highest BCUT2D eigenvalue weighted by atomic mass is 35.5. The average Bonchev–Trinajstić information content (AvgIpc) is 2.55. The number of halogens is 7. The van der Waals surface area contributed by atoms with Crippen LogP contribution in [-0.2, 0) is 12.4 Å². The molecule has 142 valence electrons. The Kier molecular flexibility index (Phi) is 5.37. The third kappa shape index (κ3) is 4.31. The van der Waals surface area contributed by atoms with Gasteiger partial charge in [0.2, 0.25) is 0 Å². The van der Waals surface area contributed by atoms with Crippen molar-refractivity contribution < 1.29 is 31.3 Å². The average molecular weight is 409 g/mol. The first kappa shape index (κ1) is 20.5. The van der Waals surface area contributed by atoms with Gasteiger partial charge in [-0.1, -0.05) is 17.7 Å². The molecule has 2 aromatic carbocycles. The van der Waals surface area contributed by atoms with Crippen LogP contribution >= 0.6 is 11.6 Å². The Bertz CT molecular complexity index is 934. The molecule has 2 rings (SSSR count). The van der Waals surface area contributed by atoms with Crippen LogP contribution in [0.4, 0.5) is 32.0 Å². The second-order valence-corrected chi connectivity index (χ2v) is 5.73. The molecule has 2 aromatic rings. The van der Waals surface area contributed by atoms with Gasteiger partial charge in [-0.05, 0) is 29.3 Å². The smallest absolute Gasteiger partial charge is 0.258 e. The van der Waals surface area contributed by atoms with Crippen molar-refractivity contribution in [2.45, 2.75) is 18.3 Å². The van der Waals surface area contributed by atoms with Crippen molar-refractivity contribution in [3.8, 4) is 6.07 Å². The SMILES string of the molecule is N#CC(c1ccc(Cl)c(C(F)(F)F)c1)c1ccc([N+](=O)[O-])cc1C(F)(F)F. The molecule has 0 saturated carbocycles. The molecule has 0 saturated heterocycles. The van der Waals surface area contributed by atoms with E-state index in [0.29, 0.717) is 12.1 Å². The molecule has 1 atom stereocenters. The van der Waals surface area contributed by atoms with E-state index >= 15 is 0 Å². The summed E-state index contributed by atoms with van der Waals surface area (Å²) in [6, 6.07) is 5.50. The number of nitro groups is 1. The Morgan fingerprint density at radius 3 is 2.07 bits per heavy atom. The number of non-ortho nitro benzene ring substituents is 1. The zero-order valence-corrected chi connectivity index (χ0v) is 13.7. The van der Waals surface area contributed by atoms with Crippen molar-refractivity contribution in [1.29, 1.82) is 5.26 Å². The highest BCUT2D eigenvalue weighted by Crippen LogP contribution is 2.41. The predicted molar refractivity (Wildman–Crippen MR) is 82.0 cm³/mol. The molecule has 0 radical (unpaired) electrons. The minimum atomic E-state index is -5.06. The van der Waals surface area contributed by atoms with Gasteiger partial charge in [-0.25, -0.2) is 0 Å². The fourth-order valence-electron chi connectivity index (χ4n) is 2.42. The minimum absolute atomic E-state index is 0.236. The highest BCUT2D eigenvalue weighted by molar-refractivity contribution is 6.31. The van der Waals surface area contributed by atoms with Gasteiger partial charge >= 0.3 is 12.4 Å². The van der Waals surface area contributed by atoms with Gasteiger partial charge in [-0.15, -0.1) is 0 Å². The van der Waals surface area contributed by atoms with E-state index in [9.17, 15) is 41.7 Å². The fraction of sp³-hybridized carbons (Fsp3) is 0.188. The Morgan fingerprint density at radius 2 is 1.59 bits per heavy atom. The zero-order valence-electron chi connectivity index (χ0n) is 12.9. The number of hydrogen-bond acceptors (Lipinski definition) is 3. The van der Waals surface area contributed by atoms with Crippen LogP contribution in [0.3, 0.4) is 0 Å². The van der Waals surface area contributed by atoms with Crippen molar-refractivity contribution in [3.63, 3.8) is 0 Å². The summed E-state index contributed by atoms with van der Waals surface area (Å²) in [5.41, 5.74) is -4.74. The Balaban J connectivity index is 2.69. The lowest BCUT2D eigenvalue weighted by Crippen LogP contribution is -2.14. The lowest BCUT2D eigenvalue weighted by molar-refractivity contribution is -0.385. The Labute approximate surface area is 152 Å². The maximum absolute atomic E-state index is 13.3. The summed E-state index contributed by atoms with van der Waals surface area (Å²) in [6.45, 7) is 0. The standard InChI is InChI=1S/C16H7ClF6N2O2/c17-14-4-1-8(5-13(14)16(21,22)23)11(7-24)10-3-2-9(25(26)27)6-12(10)15(18,19)20/h1-6,11H. The number of nitrogens with zero attached hydrogens (tertiary/aromatic N) is 2. The Morgan fingerprint density at radius 1 is 1.00 bits per heavy atom. The van der Waals surface area contributed by atoms with Crippen molar-refractivity contribution in [3.05, 3.63) is 73.8 Å². The van der Waals surface area contributed by atoms with Gasteiger partial charge in [-0.3, -0.25) is 10.1 Å². The topological polar surface area (TPSA) is 66.9 Å². The third-order valence-corrected chi connectivity index (χ3v) is 3.95. The molecule has 0 amide bonds. The monoisotopic (exact) mass is 408 g/mol. The maximum Gasteiger partial charge on any atom is 0.417 e. The van der Waals surface area contributed by atoms with Crippen LogP contribution in [0.2, 0.25) is 5.02 Å². The molecule has 0 aliphatic rings. The molecule has 0 aliphatic carbocycles. The molecule has 4 nitrogen and oxygen atoms in total. The second-order valence-electron chi connectivity index (χ2n) is 5.33. The highest BCUT2D eigenvalue weighted by Gasteiger charge is 2.38. The van der Waals surface area contributed by atoms with Crippen LogP contribution in [0.1, 0.15) is 28.2 Å². The van der Waals surface area contributed by atoms with E-state index in [1.54, 1.807) is 0 Å². The maximum atomic E-state index is 13.3. The van der Waals surface area contributed by atoms with E-state index in [0.717, 1.165) is 18.2 Å². The lowest BCUT2D eigenvalue weighted by Gasteiger charge is -2.18. The minimum Gasteiger partial charge on any atom is -0.258 e.